The van der Waals surface area contributed by atoms with Crippen LogP contribution in [0.25, 0.3) is 0 Å². The summed E-state index contributed by atoms with van der Waals surface area (Å²) in [5, 5.41) is 15.4. The fourth-order valence-electron chi connectivity index (χ4n) is 3.09. The molecule has 2 atom stereocenters. The van der Waals surface area contributed by atoms with Gasteiger partial charge in [0.25, 0.3) is 0 Å². The molecule has 1 aliphatic rings. The molecule has 2 aromatic carbocycles. The Balaban J connectivity index is 1.64. The molecule has 5 nitrogen and oxygen atoms in total. The van der Waals surface area contributed by atoms with Gasteiger partial charge in [0.1, 0.15) is 0 Å². The van der Waals surface area contributed by atoms with E-state index >= 15 is 0 Å². The summed E-state index contributed by atoms with van der Waals surface area (Å²) in [6.07, 6.45) is -0.251. The highest BCUT2D eigenvalue weighted by molar-refractivity contribution is 6.39. The molecule has 0 saturated carbocycles. The molecular weight excluding hydrogens is 316 g/mol. The van der Waals surface area contributed by atoms with Gasteiger partial charge < -0.3 is 15.7 Å². The third kappa shape index (κ3) is 3.72. The predicted molar refractivity (Wildman–Crippen MR) is 96.2 cm³/mol. The van der Waals surface area contributed by atoms with Crippen molar-refractivity contribution in [2.24, 2.45) is 0 Å². The van der Waals surface area contributed by atoms with Crippen molar-refractivity contribution in [3.8, 4) is 0 Å². The largest absolute Gasteiger partial charge is 0.390 e. The Hall–Kier alpha value is -2.66. The van der Waals surface area contributed by atoms with E-state index in [0.29, 0.717) is 18.0 Å². The van der Waals surface area contributed by atoms with Crippen molar-refractivity contribution in [2.75, 3.05) is 5.32 Å². The highest BCUT2D eigenvalue weighted by atomic mass is 16.3. The van der Waals surface area contributed by atoms with Crippen LogP contribution >= 0.6 is 0 Å². The maximum Gasteiger partial charge on any atom is 0.313 e. The Morgan fingerprint density at radius 3 is 2.40 bits per heavy atom. The fraction of sp³-hybridized carbons (Fsp3) is 0.300. The number of fused-ring (bicyclic) bond motifs is 1. The zero-order valence-electron chi connectivity index (χ0n) is 14.3. The third-order valence-electron chi connectivity index (χ3n) is 4.53. The molecule has 2 amide bonds. The summed E-state index contributed by atoms with van der Waals surface area (Å²) in [6.45, 7) is 4.18. The summed E-state index contributed by atoms with van der Waals surface area (Å²) in [5.74, 6) is -1.10. The second-order valence-electron chi connectivity index (χ2n) is 6.65. The Kier molecular flexibility index (Phi) is 4.86. The van der Waals surface area contributed by atoms with Crippen molar-refractivity contribution in [3.05, 3.63) is 65.2 Å². The van der Waals surface area contributed by atoms with Crippen molar-refractivity contribution in [1.29, 1.82) is 0 Å². The minimum atomic E-state index is -0.756. The maximum atomic E-state index is 12.2. The van der Waals surface area contributed by atoms with Gasteiger partial charge in [0, 0.05) is 12.1 Å². The lowest BCUT2D eigenvalue weighted by Crippen LogP contribution is -2.40. The second kappa shape index (κ2) is 7.07. The minimum Gasteiger partial charge on any atom is -0.390 e. The van der Waals surface area contributed by atoms with E-state index in [1.54, 1.807) is 12.1 Å². The van der Waals surface area contributed by atoms with E-state index in [-0.39, 0.29) is 0 Å². The van der Waals surface area contributed by atoms with Crippen LogP contribution in [0, 0.1) is 0 Å². The lowest BCUT2D eigenvalue weighted by Gasteiger charge is -2.17. The first kappa shape index (κ1) is 17.2. The summed E-state index contributed by atoms with van der Waals surface area (Å²) in [6, 6.07) is 14.4. The molecule has 25 heavy (non-hydrogen) atoms. The number of hydrogen-bond acceptors (Lipinski definition) is 3. The molecule has 3 rings (SSSR count). The number of aliphatic hydroxyl groups is 1. The molecule has 0 aliphatic heterocycles. The Bertz CT molecular complexity index is 784. The molecule has 0 unspecified atom stereocenters. The first-order valence-electron chi connectivity index (χ1n) is 8.43. The minimum absolute atomic E-state index is 0.400. The number of carbonyl (C=O) groups excluding carboxylic acids is 2. The van der Waals surface area contributed by atoms with Crippen LogP contribution in [0.1, 0.15) is 42.5 Å². The molecule has 130 valence electrons. The van der Waals surface area contributed by atoms with Gasteiger partial charge in [0.15, 0.2) is 0 Å². The van der Waals surface area contributed by atoms with Gasteiger partial charge in [0.2, 0.25) is 0 Å². The highest BCUT2D eigenvalue weighted by Gasteiger charge is 2.33. The third-order valence-corrected chi connectivity index (χ3v) is 4.53. The molecule has 0 spiro atoms. The quantitative estimate of drug-likeness (QED) is 0.753. The van der Waals surface area contributed by atoms with Crippen LogP contribution in [-0.2, 0) is 16.0 Å². The zero-order chi connectivity index (χ0) is 18.0. The highest BCUT2D eigenvalue weighted by Crippen LogP contribution is 2.31. The van der Waals surface area contributed by atoms with E-state index in [2.05, 4.69) is 24.5 Å². The number of rotatable bonds is 3. The van der Waals surface area contributed by atoms with Gasteiger partial charge in [-0.25, -0.2) is 0 Å². The summed E-state index contributed by atoms with van der Waals surface area (Å²) < 4.78 is 0. The Morgan fingerprint density at radius 1 is 1.04 bits per heavy atom. The van der Waals surface area contributed by atoms with E-state index in [4.69, 9.17) is 0 Å². The normalized spacial score (nSPS) is 18.7. The van der Waals surface area contributed by atoms with Gasteiger partial charge in [-0.15, -0.1) is 0 Å². The first-order chi connectivity index (χ1) is 12.0. The maximum absolute atomic E-state index is 12.2. The number of carbonyl (C=O) groups is 2. The molecule has 0 saturated heterocycles. The van der Waals surface area contributed by atoms with Crippen molar-refractivity contribution < 1.29 is 14.7 Å². The van der Waals surface area contributed by atoms with Crippen molar-refractivity contribution >= 4 is 17.5 Å². The summed E-state index contributed by atoms with van der Waals surface area (Å²) in [5.41, 5.74) is 3.58. The number of anilines is 1. The Labute approximate surface area is 147 Å². The second-order valence-corrected chi connectivity index (χ2v) is 6.65. The molecule has 1 aliphatic carbocycles. The smallest absolute Gasteiger partial charge is 0.313 e. The van der Waals surface area contributed by atoms with Gasteiger partial charge in [0.05, 0.1) is 12.1 Å². The number of amides is 2. The summed E-state index contributed by atoms with van der Waals surface area (Å²) in [7, 11) is 0. The van der Waals surface area contributed by atoms with Gasteiger partial charge in [-0.2, -0.15) is 0 Å². The van der Waals surface area contributed by atoms with Crippen LogP contribution in [0.2, 0.25) is 0 Å². The van der Waals surface area contributed by atoms with Gasteiger partial charge in [-0.3, -0.25) is 9.59 Å². The molecule has 0 heterocycles. The van der Waals surface area contributed by atoms with Crippen molar-refractivity contribution in [3.63, 3.8) is 0 Å². The van der Waals surface area contributed by atoms with Crippen LogP contribution in [0.15, 0.2) is 48.5 Å². The van der Waals surface area contributed by atoms with E-state index < -0.39 is 24.0 Å². The molecular formula is C20H22N2O3. The van der Waals surface area contributed by atoms with Crippen LogP contribution in [0.4, 0.5) is 5.69 Å². The van der Waals surface area contributed by atoms with Crippen LogP contribution in [-0.4, -0.2) is 23.0 Å². The van der Waals surface area contributed by atoms with Gasteiger partial charge in [-0.05, 0) is 34.7 Å². The van der Waals surface area contributed by atoms with Crippen molar-refractivity contribution in [1.82, 2.24) is 5.32 Å². The number of hydrogen-bond donors (Lipinski definition) is 3. The van der Waals surface area contributed by atoms with Gasteiger partial charge in [-0.1, -0.05) is 50.2 Å². The van der Waals surface area contributed by atoms with E-state index in [9.17, 15) is 14.7 Å². The topological polar surface area (TPSA) is 78.4 Å². The molecule has 5 heteroatoms. The molecule has 0 bridgehead atoms. The zero-order valence-corrected chi connectivity index (χ0v) is 14.3. The van der Waals surface area contributed by atoms with E-state index in [1.165, 1.54) is 0 Å². The van der Waals surface area contributed by atoms with Gasteiger partial charge >= 0.3 is 11.8 Å². The average Bonchev–Trinajstić information content (AvgIpc) is 2.91. The predicted octanol–water partition coefficient (Wildman–Crippen LogP) is 2.52. The van der Waals surface area contributed by atoms with Crippen molar-refractivity contribution in [2.45, 2.75) is 38.3 Å². The van der Waals surface area contributed by atoms with Crippen LogP contribution < -0.4 is 10.6 Å². The van der Waals surface area contributed by atoms with E-state index in [0.717, 1.165) is 16.7 Å². The SMILES string of the molecule is CC(C)c1ccc(NC(=O)C(=O)N[C@H]2c3ccccc3C[C@H]2O)cc1. The molecule has 3 N–H and O–H groups in total. The monoisotopic (exact) mass is 338 g/mol. The molecule has 0 aromatic heterocycles. The number of benzene rings is 2. The lowest BCUT2D eigenvalue weighted by atomic mass is 10.0. The number of nitrogens with one attached hydrogen (secondary N) is 2. The van der Waals surface area contributed by atoms with Crippen LogP contribution in [0.5, 0.6) is 0 Å². The number of aliphatic hydroxyl groups excluding tert-OH is 1. The average molecular weight is 338 g/mol. The summed E-state index contributed by atoms with van der Waals surface area (Å²) in [4.78, 5) is 24.3. The summed E-state index contributed by atoms with van der Waals surface area (Å²) >= 11 is 0. The molecule has 2 aromatic rings. The lowest BCUT2D eigenvalue weighted by molar-refractivity contribution is -0.137. The molecule has 0 radical (unpaired) electrons. The van der Waals surface area contributed by atoms with E-state index in [1.807, 2.05) is 36.4 Å². The Morgan fingerprint density at radius 2 is 1.72 bits per heavy atom. The fourth-order valence-corrected chi connectivity index (χ4v) is 3.09. The standard InChI is InChI=1S/C20H22N2O3/c1-12(2)13-7-9-15(10-8-13)21-19(24)20(25)22-18-16-6-4-3-5-14(16)11-17(18)23/h3-10,12,17-18,23H,11H2,1-2H3,(H,21,24)(H,22,25)/t17-,18+/m1/s1. The first-order valence-corrected chi connectivity index (χ1v) is 8.43. The van der Waals surface area contributed by atoms with Crippen LogP contribution in [0.3, 0.4) is 0 Å². The molecule has 0 fully saturated rings.